The van der Waals surface area contributed by atoms with Crippen LogP contribution in [0.25, 0.3) is 21.8 Å². The molecule has 0 radical (unpaired) electrons. The Labute approximate surface area is 615 Å². The number of hydrogen-bond acceptors (Lipinski definition) is 20. The number of nitrogens with two attached hydrogens (primary N) is 4. The second-order valence-corrected chi connectivity index (χ2v) is 25.8. The first-order valence-electron chi connectivity index (χ1n) is 34.6. The molecule has 0 saturated carbocycles. The Kier molecular flexibility index (Phi) is 32.0. The quantitative estimate of drug-likeness (QED) is 0.0111. The largest absolute Gasteiger partial charge is 0.481 e. The maximum atomic E-state index is 15.1. The summed E-state index contributed by atoms with van der Waals surface area (Å²) in [4.78, 5) is 235. The Morgan fingerprint density at radius 2 is 0.963 bits per heavy atom. The predicted molar refractivity (Wildman–Crippen MR) is 378 cm³/mol. The number of guanidine groups is 1. The van der Waals surface area contributed by atoms with E-state index in [1.807, 2.05) is 0 Å². The van der Waals surface area contributed by atoms with Gasteiger partial charge >= 0.3 is 17.9 Å². The number of carboxylic acid groups (broad SMARTS) is 3. The number of rotatable bonds is 43. The molecule has 41 nitrogen and oxygen atoms in total. The first kappa shape index (κ1) is 84.6. The van der Waals surface area contributed by atoms with Crippen molar-refractivity contribution in [1.82, 2.24) is 78.3 Å². The van der Waals surface area contributed by atoms with Crippen LogP contribution in [0.5, 0.6) is 0 Å². The highest BCUT2D eigenvalue weighted by molar-refractivity contribution is 6.01. The number of hydrogen-bond donors (Lipinski definition) is 22. The second-order valence-electron chi connectivity index (χ2n) is 25.8. The molecule has 26 N–H and O–H groups in total. The van der Waals surface area contributed by atoms with E-state index in [-0.39, 0.29) is 77.4 Å². The molecule has 0 aliphatic carbocycles. The smallest absolute Gasteiger partial charge is 0.326 e. The summed E-state index contributed by atoms with van der Waals surface area (Å²) < 4.78 is 0. The van der Waals surface area contributed by atoms with E-state index in [0.29, 0.717) is 32.9 Å². The van der Waals surface area contributed by atoms with Crippen LogP contribution in [0.1, 0.15) is 102 Å². The minimum Gasteiger partial charge on any atom is -0.481 e. The van der Waals surface area contributed by atoms with Gasteiger partial charge in [-0.05, 0) is 88.0 Å². The number of aliphatic carboxylic acids is 3. The average molecular weight is 1510 g/mol. The Balaban J connectivity index is 1.18. The molecule has 2 saturated heterocycles. The van der Waals surface area contributed by atoms with Gasteiger partial charge in [0.15, 0.2) is 5.96 Å². The van der Waals surface area contributed by atoms with Gasteiger partial charge in [0.05, 0.1) is 26.1 Å². The maximum absolute atomic E-state index is 15.1. The molecule has 586 valence electrons. The minimum atomic E-state index is -1.94. The topological polar surface area (TPSA) is 669 Å². The average Bonchev–Trinajstić information content (AvgIpc) is 1.62. The van der Waals surface area contributed by atoms with Crippen molar-refractivity contribution in [2.45, 2.75) is 170 Å². The molecule has 0 unspecified atom stereocenters. The highest BCUT2D eigenvalue weighted by Crippen LogP contribution is 2.26. The number of nitrogens with zero attached hydrogens (tertiary/aromatic N) is 2. The zero-order valence-corrected chi connectivity index (χ0v) is 58.9. The van der Waals surface area contributed by atoms with Crippen LogP contribution >= 0.6 is 0 Å². The van der Waals surface area contributed by atoms with Gasteiger partial charge in [-0.1, -0.05) is 36.4 Å². The molecule has 4 aromatic rings. The summed E-state index contributed by atoms with van der Waals surface area (Å²) in [6, 6.07) is -3.77. The molecule has 4 heterocycles. The summed E-state index contributed by atoms with van der Waals surface area (Å²) in [6.07, 6.45) is -1.37. The van der Waals surface area contributed by atoms with E-state index < -0.39 is 231 Å². The summed E-state index contributed by atoms with van der Waals surface area (Å²) in [5.74, 6) is -18.8. The lowest BCUT2D eigenvalue weighted by Crippen LogP contribution is -2.61. The molecule has 0 spiro atoms. The van der Waals surface area contributed by atoms with E-state index in [2.05, 4.69) is 68.5 Å². The van der Waals surface area contributed by atoms with Crippen LogP contribution in [0.2, 0.25) is 0 Å². The Hall–Kier alpha value is -12.3. The number of likely N-dealkylation sites (tertiary alicyclic amines) is 2. The van der Waals surface area contributed by atoms with Crippen molar-refractivity contribution in [3.8, 4) is 0 Å². The van der Waals surface area contributed by atoms with Crippen LogP contribution in [0.3, 0.4) is 0 Å². The van der Waals surface area contributed by atoms with Gasteiger partial charge in [-0.2, -0.15) is 0 Å². The number of fused-ring (bicyclic) bond motifs is 2. The van der Waals surface area contributed by atoms with Gasteiger partial charge in [-0.3, -0.25) is 82.1 Å². The molecule has 2 aromatic heterocycles. The van der Waals surface area contributed by atoms with Crippen molar-refractivity contribution in [1.29, 1.82) is 5.41 Å². The minimum absolute atomic E-state index is 0.0240. The number of H-pyrrole nitrogens is 2. The fourth-order valence-electron chi connectivity index (χ4n) is 12.3. The molecule has 2 aliphatic rings. The van der Waals surface area contributed by atoms with E-state index in [4.69, 9.17) is 28.3 Å². The predicted octanol–water partition coefficient (Wildman–Crippen LogP) is -6.91. The lowest BCUT2D eigenvalue weighted by Gasteiger charge is -2.31. The van der Waals surface area contributed by atoms with Crippen LogP contribution in [0.15, 0.2) is 60.9 Å². The third kappa shape index (κ3) is 25.2. The SMILES string of the molecule is C[C@H](NC(=O)[C@H](CCC(=O)O)NC(=O)[C@H](CCC(=O)O)NC(=O)CNC(=O)CN)C(=O)N[C@@H](CCCNC(=N)N)C(=O)N1CCC[C@H]1C(=O)N[C@@H](CC(N)=O)C(=O)N[C@@H](CO)C(=O)N[C@@H](Cc1c[nH]c2ccccc12)C(=O)N1CCC[C@H]1C(=O)N[C@@H](Cc1c[nH]c2ccccc12)C(=O)N[C@@H](CCC(N)=O)C(=O)O. The van der Waals surface area contributed by atoms with Crippen LogP contribution in [0.4, 0.5) is 0 Å². The van der Waals surface area contributed by atoms with Crippen LogP contribution in [-0.4, -0.2) is 253 Å². The number of para-hydroxylation sites is 2. The summed E-state index contributed by atoms with van der Waals surface area (Å²) in [5.41, 5.74) is 23.9. The van der Waals surface area contributed by atoms with Crippen molar-refractivity contribution in [2.24, 2.45) is 22.9 Å². The van der Waals surface area contributed by atoms with Gasteiger partial charge in [-0.25, -0.2) is 4.79 Å². The summed E-state index contributed by atoms with van der Waals surface area (Å²) in [5, 5.41) is 74.8. The molecule has 11 atom stereocenters. The number of aromatic nitrogens is 2. The number of primary amides is 2. The molecular weight excluding hydrogens is 1420 g/mol. The number of amides is 14. The van der Waals surface area contributed by atoms with E-state index in [0.717, 1.165) is 11.8 Å². The Morgan fingerprint density at radius 1 is 0.509 bits per heavy atom. The molecule has 108 heavy (non-hydrogen) atoms. The van der Waals surface area contributed by atoms with Crippen LogP contribution in [0, 0.1) is 5.41 Å². The number of carboxylic acids is 3. The molecule has 0 bridgehead atoms. The highest BCUT2D eigenvalue weighted by atomic mass is 16.4. The first-order chi connectivity index (χ1) is 51.3. The van der Waals surface area contributed by atoms with Crippen LogP contribution in [-0.2, 0) is 94.3 Å². The monoisotopic (exact) mass is 1510 g/mol. The van der Waals surface area contributed by atoms with Gasteiger partial charge in [-0.15, -0.1) is 0 Å². The van der Waals surface area contributed by atoms with Gasteiger partial charge in [0, 0.05) is 85.9 Å². The van der Waals surface area contributed by atoms with Crippen molar-refractivity contribution in [3.63, 3.8) is 0 Å². The zero-order chi connectivity index (χ0) is 79.5. The normalized spacial score (nSPS) is 16.4. The van der Waals surface area contributed by atoms with Crippen LogP contribution < -0.4 is 81.4 Å². The lowest BCUT2D eigenvalue weighted by atomic mass is 10.0. The summed E-state index contributed by atoms with van der Waals surface area (Å²) in [6.45, 7) is -1.40. The number of carbonyl (C=O) groups excluding carboxylic acids is 14. The lowest BCUT2D eigenvalue weighted by molar-refractivity contribution is -0.144. The molecule has 14 amide bonds. The van der Waals surface area contributed by atoms with Crippen molar-refractivity contribution < 1.29 is 102 Å². The van der Waals surface area contributed by atoms with E-state index in [9.17, 15) is 97.1 Å². The van der Waals surface area contributed by atoms with Crippen molar-refractivity contribution in [3.05, 3.63) is 72.1 Å². The Bertz CT molecular complexity index is 4010. The third-order valence-corrected chi connectivity index (χ3v) is 17.8. The second kappa shape index (κ2) is 40.8. The van der Waals surface area contributed by atoms with Gasteiger partial charge < -0.3 is 122 Å². The number of aliphatic hydroxyl groups is 1. The van der Waals surface area contributed by atoms with Crippen molar-refractivity contribution >= 4 is 128 Å². The first-order valence-corrected chi connectivity index (χ1v) is 34.6. The number of aliphatic hydroxyl groups excluding tert-OH is 1. The van der Waals surface area contributed by atoms with E-state index >= 15 is 4.79 Å². The molecule has 2 fully saturated rings. The maximum Gasteiger partial charge on any atom is 0.326 e. The van der Waals surface area contributed by atoms with E-state index in [1.165, 1.54) is 4.90 Å². The molecule has 2 aliphatic heterocycles. The number of nitrogens with one attached hydrogen (secondary N) is 14. The molecule has 6 rings (SSSR count). The summed E-state index contributed by atoms with van der Waals surface area (Å²) >= 11 is 0. The van der Waals surface area contributed by atoms with Crippen molar-refractivity contribution in [2.75, 3.05) is 39.3 Å². The summed E-state index contributed by atoms with van der Waals surface area (Å²) in [7, 11) is 0. The fraction of sp³-hybridized carbons (Fsp3) is 0.493. The number of aromatic amines is 2. The highest BCUT2D eigenvalue weighted by Gasteiger charge is 2.43. The fourth-order valence-corrected chi connectivity index (χ4v) is 12.3. The molecule has 41 heteroatoms. The Morgan fingerprint density at radius 3 is 1.48 bits per heavy atom. The van der Waals surface area contributed by atoms with Gasteiger partial charge in [0.1, 0.15) is 66.5 Å². The van der Waals surface area contributed by atoms with E-state index in [1.54, 1.807) is 60.9 Å². The zero-order valence-electron chi connectivity index (χ0n) is 58.9. The molecule has 2 aromatic carbocycles. The standard InChI is InChI=1S/C67H92N20O21/c1-33(77-57(98)41(18-21-55(95)96)79-58(99)40(17-20-54(93)94)78-53(92)31-76-52(91)28-68)56(97)80-42(13-6-22-73-67(71)72)64(105)86-23-7-14-48(86)63(104)83-45(27-51(70)90)60(101)85-47(32-88)61(102)84-46(26-35-30-75-39-12-5-3-10-37(35)39)65(106)87-24-8-15-49(87)62(103)82-44(25-34-29-74-38-11-4-2-9-36(34)38)59(100)81-43(66(107)108)16-19-50(69)89/h2-5,9-12,29-30,33,40-49,74-75,88H,6-8,13-28,31-32,68H2,1H3,(H2,69,89)(H2,70,90)(H,76,91)(H,77,98)(H,78,92)(H,79,99)(H,80,97)(H,81,100)(H,82,103)(H,83,104)(H,84,102)(H,85,101)(H,93,94)(H,95,96)(H,107,108)(H4,71,72,73)/t33-,40-,41-,42-,43-,44-,45-,46-,47-,48-,49-/m0/s1. The van der Waals surface area contributed by atoms with Gasteiger partial charge in [0.25, 0.3) is 0 Å². The molecular formula is C67H92N20O21. The third-order valence-electron chi connectivity index (χ3n) is 17.8. The number of benzene rings is 2. The van der Waals surface area contributed by atoms with Gasteiger partial charge in [0.2, 0.25) is 82.7 Å². The number of carbonyl (C=O) groups is 17.